The first-order valence-electron chi connectivity index (χ1n) is 20.3. The van der Waals surface area contributed by atoms with Crippen LogP contribution in [-0.2, 0) is 20.8 Å². The normalized spacial score (nSPS) is 19.7. The molecule has 5 atom stereocenters. The van der Waals surface area contributed by atoms with Crippen molar-refractivity contribution in [3.8, 4) is 22.5 Å². The number of nitrogens with one attached hydrogen (secondary N) is 4. The summed E-state index contributed by atoms with van der Waals surface area (Å²) >= 11 is 0. The van der Waals surface area contributed by atoms with Crippen LogP contribution in [-0.4, -0.2) is 99.2 Å². The molecule has 4 aromatic rings. The van der Waals surface area contributed by atoms with Crippen LogP contribution in [0.4, 0.5) is 15.3 Å². The Hall–Kier alpha value is -5.70. The van der Waals surface area contributed by atoms with Gasteiger partial charge in [0.15, 0.2) is 0 Å². The molecule has 0 bridgehead atoms. The Bertz CT molecular complexity index is 2130. The third-order valence-corrected chi connectivity index (χ3v) is 12.0. The molecule has 5 heterocycles. The minimum Gasteiger partial charge on any atom is -0.453 e. The van der Waals surface area contributed by atoms with Crippen LogP contribution < -0.4 is 15.5 Å². The number of imidazole rings is 2. The summed E-state index contributed by atoms with van der Waals surface area (Å²) in [6.45, 7) is 12.1. The fourth-order valence-electron chi connectivity index (χ4n) is 8.83. The molecule has 0 spiro atoms. The number of carbonyl (C=O) groups excluding carboxylic acids is 4. The summed E-state index contributed by atoms with van der Waals surface area (Å²) in [7, 11) is 2.67. The first kappa shape index (κ1) is 40.5. The number of likely N-dealkylation sites (tertiary alicyclic amines) is 2. The molecular weight excluding hydrogens is 739 g/mol. The number of aromatic nitrogens is 4. The van der Waals surface area contributed by atoms with E-state index in [0.29, 0.717) is 24.5 Å². The number of ether oxygens (including phenoxy) is 2. The summed E-state index contributed by atoms with van der Waals surface area (Å²) in [4.78, 5) is 73.8. The van der Waals surface area contributed by atoms with Crippen LogP contribution in [0.5, 0.6) is 0 Å². The number of hydrogen-bond donors (Lipinski definition) is 4. The predicted molar refractivity (Wildman–Crippen MR) is 219 cm³/mol. The highest BCUT2D eigenvalue weighted by molar-refractivity contribution is 6.10. The van der Waals surface area contributed by atoms with Gasteiger partial charge >= 0.3 is 12.2 Å². The zero-order chi connectivity index (χ0) is 41.2. The van der Waals surface area contributed by atoms with Crippen molar-refractivity contribution in [2.24, 2.45) is 11.8 Å². The molecule has 3 aliphatic heterocycles. The van der Waals surface area contributed by atoms with Gasteiger partial charge in [-0.15, -0.1) is 0 Å². The van der Waals surface area contributed by atoms with Crippen LogP contribution in [0.25, 0.3) is 22.5 Å². The molecule has 0 aliphatic carbocycles. The lowest BCUT2D eigenvalue weighted by Crippen LogP contribution is -2.52. The lowest BCUT2D eigenvalue weighted by molar-refractivity contribution is -0.135. The number of anilines is 1. The lowest BCUT2D eigenvalue weighted by atomic mass is 9.96. The summed E-state index contributed by atoms with van der Waals surface area (Å²) in [5.74, 6) is 1.47. The summed E-state index contributed by atoms with van der Waals surface area (Å²) in [5.41, 5.74) is 5.95. The van der Waals surface area contributed by atoms with Crippen molar-refractivity contribution >= 4 is 29.7 Å². The first-order chi connectivity index (χ1) is 27.9. The number of alkyl carbamates (subject to hydrolysis) is 2. The van der Waals surface area contributed by atoms with Gasteiger partial charge in [-0.05, 0) is 91.9 Å². The molecule has 308 valence electrons. The topological polar surface area (TPSA) is 178 Å². The highest BCUT2D eigenvalue weighted by atomic mass is 16.5. The van der Waals surface area contributed by atoms with Crippen molar-refractivity contribution in [2.45, 2.75) is 97.1 Å². The number of carbonyl (C=O) groups is 4. The van der Waals surface area contributed by atoms with E-state index in [0.717, 1.165) is 71.8 Å². The Morgan fingerprint density at radius 3 is 2.03 bits per heavy atom. The van der Waals surface area contributed by atoms with E-state index in [1.165, 1.54) is 14.2 Å². The van der Waals surface area contributed by atoms with Crippen LogP contribution in [0.3, 0.4) is 0 Å². The highest BCUT2D eigenvalue weighted by Gasteiger charge is 2.39. The molecule has 15 nitrogen and oxygen atoms in total. The maximum atomic E-state index is 13.7. The fraction of sp³-hybridized carbons (Fsp3) is 0.488. The smallest absolute Gasteiger partial charge is 0.407 e. The molecule has 2 saturated heterocycles. The van der Waals surface area contributed by atoms with Gasteiger partial charge in [0, 0.05) is 29.9 Å². The molecule has 7 rings (SSSR count). The number of nitrogens with zero attached hydrogens (tertiary/aromatic N) is 5. The summed E-state index contributed by atoms with van der Waals surface area (Å²) in [5, 5.41) is 5.72. The summed E-state index contributed by atoms with van der Waals surface area (Å²) < 4.78 is 9.67. The number of aromatic amines is 2. The monoisotopic (exact) mass is 793 g/mol. The molecule has 4 amide bonds. The van der Waals surface area contributed by atoms with E-state index in [4.69, 9.17) is 14.5 Å². The second kappa shape index (κ2) is 17.0. The van der Waals surface area contributed by atoms with Crippen molar-refractivity contribution in [1.29, 1.82) is 0 Å². The van der Waals surface area contributed by atoms with Crippen molar-refractivity contribution in [2.75, 3.05) is 32.2 Å². The molecule has 2 fully saturated rings. The van der Waals surface area contributed by atoms with E-state index in [1.54, 1.807) is 16.0 Å². The quantitative estimate of drug-likeness (QED) is 0.123. The van der Waals surface area contributed by atoms with Gasteiger partial charge in [0.25, 0.3) is 5.91 Å². The Labute approximate surface area is 339 Å². The average Bonchev–Trinajstić information content (AvgIpc) is 4.08. The maximum Gasteiger partial charge on any atom is 0.407 e. The van der Waals surface area contributed by atoms with Crippen LogP contribution >= 0.6 is 0 Å². The number of fused-ring (bicyclic) bond motifs is 1. The van der Waals surface area contributed by atoms with Crippen molar-refractivity contribution in [3.05, 3.63) is 77.6 Å². The molecular formula is C43H55N9O6. The Morgan fingerprint density at radius 1 is 0.776 bits per heavy atom. The largest absolute Gasteiger partial charge is 0.453 e. The van der Waals surface area contributed by atoms with Gasteiger partial charge in [-0.1, -0.05) is 45.9 Å². The molecule has 15 heteroatoms. The van der Waals surface area contributed by atoms with E-state index < -0.39 is 18.2 Å². The Balaban J connectivity index is 1.01. The van der Waals surface area contributed by atoms with E-state index in [9.17, 15) is 19.2 Å². The lowest BCUT2D eigenvalue weighted by Gasteiger charge is -2.37. The van der Waals surface area contributed by atoms with Crippen molar-refractivity contribution < 1.29 is 28.7 Å². The van der Waals surface area contributed by atoms with Crippen molar-refractivity contribution in [3.63, 3.8) is 0 Å². The third kappa shape index (κ3) is 8.04. The molecule has 2 unspecified atom stereocenters. The van der Waals surface area contributed by atoms with Gasteiger partial charge < -0.3 is 39.9 Å². The number of H-pyrrole nitrogens is 2. The fourth-order valence-corrected chi connectivity index (χ4v) is 8.83. The molecule has 0 saturated carbocycles. The standard InChI is InChI=1S/C43H55N9O6/c1-24(2)36(48-42(55)57-6)26(5)50-18-8-10-34(50)38-44-21-32(46-38)27-12-15-30(16-13-27)52-23-29-20-28(14-17-31(29)40(52)53)33-22-45-39(47-33)35-11-9-19-51(35)41(54)37(25(3)4)49-43(56)58-7/h12-17,20-22,24-26,34-37H,8-11,18-19,23H2,1-7H3,(H,44,46)(H,45,47)(H,48,55)(H,49,56)/t26?,34?,35-,36+,37-/m0/s1. The Kier molecular flexibility index (Phi) is 11.9. The van der Waals surface area contributed by atoms with Gasteiger partial charge in [0.05, 0.1) is 56.6 Å². The minimum atomic E-state index is -0.709. The zero-order valence-corrected chi connectivity index (χ0v) is 34.4. The van der Waals surface area contributed by atoms with Crippen molar-refractivity contribution in [1.82, 2.24) is 40.4 Å². The molecule has 0 radical (unpaired) electrons. The zero-order valence-electron chi connectivity index (χ0n) is 34.4. The average molecular weight is 794 g/mol. The minimum absolute atomic E-state index is 0.0550. The third-order valence-electron chi connectivity index (χ3n) is 12.0. The SMILES string of the molecule is COC(=O)N[C@H](C(C)C)C(C)N1CCCC1c1ncc(-c2ccc(N3Cc4cc(-c5cnc([C@@H]6CCCN6C(=O)[C@@H](NC(=O)OC)C(C)C)[nH]5)ccc4C3=O)cc2)[nH]1. The van der Waals surface area contributed by atoms with Gasteiger partial charge in [-0.25, -0.2) is 19.6 Å². The van der Waals surface area contributed by atoms with Gasteiger partial charge in [-0.2, -0.15) is 0 Å². The van der Waals surface area contributed by atoms with Gasteiger partial charge in [0.1, 0.15) is 17.7 Å². The number of amides is 4. The van der Waals surface area contributed by atoms with E-state index in [2.05, 4.69) is 51.3 Å². The number of rotatable bonds is 12. The van der Waals surface area contributed by atoms with E-state index in [1.807, 2.05) is 62.5 Å². The van der Waals surface area contributed by atoms with Crippen LogP contribution in [0, 0.1) is 11.8 Å². The van der Waals surface area contributed by atoms with E-state index >= 15 is 0 Å². The number of methoxy groups -OCH3 is 2. The predicted octanol–water partition coefficient (Wildman–Crippen LogP) is 6.58. The molecule has 2 aromatic carbocycles. The second-order valence-corrected chi connectivity index (χ2v) is 16.3. The molecule has 4 N–H and O–H groups in total. The molecule has 2 aromatic heterocycles. The maximum absolute atomic E-state index is 13.7. The molecule has 58 heavy (non-hydrogen) atoms. The second-order valence-electron chi connectivity index (χ2n) is 16.3. The van der Waals surface area contributed by atoms with Crippen LogP contribution in [0.2, 0.25) is 0 Å². The van der Waals surface area contributed by atoms with Crippen LogP contribution in [0.1, 0.15) is 100.0 Å². The summed E-state index contributed by atoms with van der Waals surface area (Å²) in [6.07, 6.45) is 6.17. The van der Waals surface area contributed by atoms with Crippen LogP contribution in [0.15, 0.2) is 54.9 Å². The number of benzene rings is 2. The Morgan fingerprint density at radius 2 is 1.38 bits per heavy atom. The first-order valence-corrected chi connectivity index (χ1v) is 20.3. The number of hydrogen-bond acceptors (Lipinski definition) is 9. The summed E-state index contributed by atoms with van der Waals surface area (Å²) in [6, 6.07) is 12.9. The van der Waals surface area contributed by atoms with Gasteiger partial charge in [0.2, 0.25) is 5.91 Å². The van der Waals surface area contributed by atoms with Gasteiger partial charge in [-0.3, -0.25) is 14.5 Å². The molecule has 3 aliphatic rings. The highest BCUT2D eigenvalue weighted by Crippen LogP contribution is 2.37. The van der Waals surface area contributed by atoms with E-state index in [-0.39, 0.29) is 47.8 Å².